The molecule has 3 aromatic rings. The molecule has 0 amide bonds. The van der Waals surface area contributed by atoms with E-state index in [1.165, 1.54) is 6.07 Å². The number of non-ortho nitro benzene ring substituents is 1. The summed E-state index contributed by atoms with van der Waals surface area (Å²) < 4.78 is 6.91. The van der Waals surface area contributed by atoms with Crippen molar-refractivity contribution in [3.63, 3.8) is 0 Å². The summed E-state index contributed by atoms with van der Waals surface area (Å²) in [5.74, 6) is -0.468. The van der Waals surface area contributed by atoms with E-state index in [1.807, 2.05) is 24.6 Å². The Hall–Kier alpha value is -3.16. The fourth-order valence-corrected chi connectivity index (χ4v) is 2.76. The van der Waals surface area contributed by atoms with E-state index in [0.29, 0.717) is 5.69 Å². The number of esters is 1. The highest BCUT2D eigenvalue weighted by Gasteiger charge is 2.19. The zero-order chi connectivity index (χ0) is 18.1. The smallest absolute Gasteiger partial charge is 0.356 e. The van der Waals surface area contributed by atoms with Crippen molar-refractivity contribution in [1.82, 2.24) is 14.8 Å². The maximum Gasteiger partial charge on any atom is 0.356 e. The van der Waals surface area contributed by atoms with Crippen molar-refractivity contribution in [1.29, 1.82) is 0 Å². The summed E-state index contributed by atoms with van der Waals surface area (Å²) >= 11 is 0. The van der Waals surface area contributed by atoms with Gasteiger partial charge < -0.3 is 9.30 Å². The highest BCUT2D eigenvalue weighted by molar-refractivity contribution is 5.97. The van der Waals surface area contributed by atoms with Crippen molar-refractivity contribution in [3.8, 4) is 11.3 Å². The van der Waals surface area contributed by atoms with Crippen LogP contribution in [0.5, 0.6) is 0 Å². The molecule has 0 saturated carbocycles. The Morgan fingerprint density at radius 2 is 2.16 bits per heavy atom. The average Bonchev–Trinajstić information content (AvgIpc) is 3.19. The van der Waals surface area contributed by atoms with Crippen LogP contribution < -0.4 is 0 Å². The summed E-state index contributed by atoms with van der Waals surface area (Å²) in [4.78, 5) is 22.5. The Morgan fingerprint density at radius 1 is 1.40 bits per heavy atom. The number of aromatic amines is 1. The first-order valence-electron chi connectivity index (χ1n) is 7.94. The van der Waals surface area contributed by atoms with Crippen molar-refractivity contribution in [2.75, 3.05) is 6.61 Å². The number of rotatable bonds is 5. The molecule has 8 heteroatoms. The number of aromatic nitrogens is 3. The zero-order valence-electron chi connectivity index (χ0n) is 14.1. The van der Waals surface area contributed by atoms with E-state index >= 15 is 0 Å². The molecule has 0 unspecified atom stereocenters. The summed E-state index contributed by atoms with van der Waals surface area (Å²) in [6.45, 7) is 6.01. The molecule has 3 rings (SSSR count). The second-order valence-electron chi connectivity index (χ2n) is 5.89. The third-order valence-electron chi connectivity index (χ3n) is 3.93. The molecule has 0 bridgehead atoms. The van der Waals surface area contributed by atoms with Gasteiger partial charge in [0.1, 0.15) is 5.69 Å². The predicted molar refractivity (Wildman–Crippen MR) is 92.5 cm³/mol. The Labute approximate surface area is 143 Å². The summed E-state index contributed by atoms with van der Waals surface area (Å²) in [5, 5.41) is 18.8. The van der Waals surface area contributed by atoms with Gasteiger partial charge in [-0.2, -0.15) is 5.10 Å². The van der Waals surface area contributed by atoms with Crippen LogP contribution in [0, 0.1) is 10.1 Å². The maximum atomic E-state index is 11.8. The minimum atomic E-state index is -0.468. The van der Waals surface area contributed by atoms with Crippen molar-refractivity contribution in [3.05, 3.63) is 46.3 Å². The summed E-state index contributed by atoms with van der Waals surface area (Å²) in [7, 11) is 0. The number of hydrogen-bond acceptors (Lipinski definition) is 5. The molecule has 0 atom stereocenters. The van der Waals surface area contributed by atoms with Gasteiger partial charge in [0, 0.05) is 35.3 Å². The number of carbonyl (C=O) groups is 1. The standard InChI is InChI=1S/C17H18N4O4/c1-4-25-17(22)15-8-14(18-19-15)13-9-20(10(2)3)16-7-11(21(23)24)5-6-12(13)16/h5-10H,4H2,1-3H3,(H,18,19). The largest absolute Gasteiger partial charge is 0.461 e. The van der Waals surface area contributed by atoms with Crippen LogP contribution in [0.1, 0.15) is 37.3 Å². The van der Waals surface area contributed by atoms with E-state index in [2.05, 4.69) is 10.2 Å². The van der Waals surface area contributed by atoms with Gasteiger partial charge in [-0.25, -0.2) is 4.79 Å². The number of nitro groups is 1. The SMILES string of the molecule is CCOC(=O)c1cc(-c2cn(C(C)C)c3cc([N+](=O)[O-])ccc23)n[nH]1. The first-order chi connectivity index (χ1) is 11.9. The molecule has 8 nitrogen and oxygen atoms in total. The number of fused-ring (bicyclic) bond motifs is 1. The molecule has 0 saturated heterocycles. The van der Waals surface area contributed by atoms with Crippen molar-refractivity contribution >= 4 is 22.6 Å². The lowest BCUT2D eigenvalue weighted by Gasteiger charge is -2.08. The molecular formula is C17H18N4O4. The minimum absolute atomic E-state index is 0.0355. The van der Waals surface area contributed by atoms with Crippen molar-refractivity contribution in [2.24, 2.45) is 0 Å². The second-order valence-corrected chi connectivity index (χ2v) is 5.89. The molecule has 0 fully saturated rings. The first kappa shape index (κ1) is 16.7. The number of nitrogens with zero attached hydrogens (tertiary/aromatic N) is 3. The lowest BCUT2D eigenvalue weighted by Crippen LogP contribution is -2.04. The number of nitro benzene ring substituents is 1. The average molecular weight is 342 g/mol. The second kappa shape index (κ2) is 6.39. The van der Waals surface area contributed by atoms with Crippen LogP contribution in [-0.4, -0.2) is 32.3 Å². The third-order valence-corrected chi connectivity index (χ3v) is 3.93. The molecule has 25 heavy (non-hydrogen) atoms. The lowest BCUT2D eigenvalue weighted by molar-refractivity contribution is -0.384. The zero-order valence-corrected chi connectivity index (χ0v) is 14.1. The molecule has 1 N–H and O–H groups in total. The molecule has 1 aromatic carbocycles. The molecule has 0 aliphatic heterocycles. The van der Waals surface area contributed by atoms with Crippen molar-refractivity contribution < 1.29 is 14.5 Å². The van der Waals surface area contributed by atoms with Gasteiger partial charge in [-0.1, -0.05) is 0 Å². The van der Waals surface area contributed by atoms with Gasteiger partial charge in [-0.15, -0.1) is 0 Å². The Bertz CT molecular complexity index is 955. The van der Waals surface area contributed by atoms with E-state index in [9.17, 15) is 14.9 Å². The van der Waals surface area contributed by atoms with Crippen molar-refractivity contribution in [2.45, 2.75) is 26.8 Å². The monoisotopic (exact) mass is 342 g/mol. The highest BCUT2D eigenvalue weighted by atomic mass is 16.6. The topological polar surface area (TPSA) is 103 Å². The fraction of sp³-hybridized carbons (Fsp3) is 0.294. The molecule has 130 valence electrons. The van der Waals surface area contributed by atoms with Crippen LogP contribution in [0.4, 0.5) is 5.69 Å². The van der Waals surface area contributed by atoms with Gasteiger partial charge in [0.2, 0.25) is 0 Å². The molecule has 2 heterocycles. The molecule has 0 spiro atoms. The van der Waals surface area contributed by atoms with Gasteiger partial charge in [0.25, 0.3) is 5.69 Å². The summed E-state index contributed by atoms with van der Waals surface area (Å²) in [5.41, 5.74) is 2.43. The van der Waals surface area contributed by atoms with Gasteiger partial charge in [0.05, 0.1) is 22.7 Å². The quantitative estimate of drug-likeness (QED) is 0.432. The third kappa shape index (κ3) is 2.98. The maximum absolute atomic E-state index is 11.8. The molecular weight excluding hydrogens is 324 g/mol. The van der Waals surface area contributed by atoms with Crippen LogP contribution >= 0.6 is 0 Å². The highest BCUT2D eigenvalue weighted by Crippen LogP contribution is 2.34. The van der Waals surface area contributed by atoms with Crippen LogP contribution in [0.3, 0.4) is 0 Å². The van der Waals surface area contributed by atoms with Crippen LogP contribution in [0.2, 0.25) is 0 Å². The summed E-state index contributed by atoms with van der Waals surface area (Å²) in [6.07, 6.45) is 1.89. The number of nitrogens with one attached hydrogen (secondary N) is 1. The molecule has 0 aliphatic carbocycles. The molecule has 0 aliphatic rings. The number of ether oxygens (including phenoxy) is 1. The first-order valence-corrected chi connectivity index (χ1v) is 7.94. The van der Waals surface area contributed by atoms with E-state index in [1.54, 1.807) is 25.1 Å². The van der Waals surface area contributed by atoms with Crippen LogP contribution in [0.25, 0.3) is 22.2 Å². The lowest BCUT2D eigenvalue weighted by atomic mass is 10.1. The van der Waals surface area contributed by atoms with E-state index in [0.717, 1.165) is 16.5 Å². The fourth-order valence-electron chi connectivity index (χ4n) is 2.76. The van der Waals surface area contributed by atoms with E-state index < -0.39 is 10.9 Å². The predicted octanol–water partition coefficient (Wildman–Crippen LogP) is 3.70. The number of hydrogen-bond donors (Lipinski definition) is 1. The normalized spacial score (nSPS) is 11.2. The van der Waals surface area contributed by atoms with Gasteiger partial charge in [-0.05, 0) is 32.9 Å². The van der Waals surface area contributed by atoms with Gasteiger partial charge in [0.15, 0.2) is 0 Å². The van der Waals surface area contributed by atoms with Gasteiger partial charge in [-0.3, -0.25) is 15.2 Å². The van der Waals surface area contributed by atoms with E-state index in [-0.39, 0.29) is 24.0 Å². The number of carbonyl (C=O) groups excluding carboxylic acids is 1. The number of H-pyrrole nitrogens is 1. The Kier molecular flexibility index (Phi) is 4.26. The van der Waals surface area contributed by atoms with Gasteiger partial charge >= 0.3 is 5.97 Å². The van der Waals surface area contributed by atoms with Crippen LogP contribution in [0.15, 0.2) is 30.5 Å². The molecule has 0 radical (unpaired) electrons. The number of benzene rings is 1. The van der Waals surface area contributed by atoms with Crippen LogP contribution in [-0.2, 0) is 4.74 Å². The summed E-state index contributed by atoms with van der Waals surface area (Å²) in [6, 6.07) is 6.47. The minimum Gasteiger partial charge on any atom is -0.461 e. The Morgan fingerprint density at radius 3 is 2.80 bits per heavy atom. The van der Waals surface area contributed by atoms with E-state index in [4.69, 9.17) is 4.74 Å². The Balaban J connectivity index is 2.14. The molecule has 2 aromatic heterocycles.